The molecule has 1 aliphatic carbocycles. The van der Waals surface area contributed by atoms with E-state index in [0.29, 0.717) is 48.6 Å². The largest absolute Gasteiger partial charge is 0.495 e. The van der Waals surface area contributed by atoms with Crippen molar-refractivity contribution in [2.75, 3.05) is 45.5 Å². The number of hydrogen-bond acceptors (Lipinski definition) is 17. The van der Waals surface area contributed by atoms with E-state index in [4.69, 9.17) is 40.1 Å². The molecule has 9 unspecified atom stereocenters. The Labute approximate surface area is 444 Å². The first-order valence-corrected chi connectivity index (χ1v) is 26.4. The zero-order chi connectivity index (χ0) is 55.1. The highest BCUT2D eigenvalue weighted by Crippen LogP contribution is 2.49. The first-order valence-electron chi connectivity index (χ1n) is 24.9. The van der Waals surface area contributed by atoms with E-state index in [0.717, 1.165) is 27.8 Å². The molecule has 9 atom stereocenters. The third-order valence-electron chi connectivity index (χ3n) is 14.7. The minimum absolute atomic E-state index is 0.0126. The maximum Gasteiger partial charge on any atom is 0.409 e. The average Bonchev–Trinajstić information content (AvgIpc) is 3.97. The highest BCUT2D eigenvalue weighted by atomic mass is 35.5. The van der Waals surface area contributed by atoms with Gasteiger partial charge in [0.15, 0.2) is 5.72 Å². The van der Waals surface area contributed by atoms with E-state index in [1.807, 2.05) is 13.0 Å². The fourth-order valence-electron chi connectivity index (χ4n) is 9.85. The third-order valence-corrected chi connectivity index (χ3v) is 16.3. The van der Waals surface area contributed by atoms with Crippen molar-refractivity contribution >= 4 is 82.6 Å². The number of carbonyl (C=O) groups excluding carboxylic acids is 8. The van der Waals surface area contributed by atoms with E-state index < -0.39 is 125 Å². The Hall–Kier alpha value is -5.75. The average molecular weight is 1090 g/mol. The number of aliphatic hydroxyl groups is 1. The zero-order valence-electron chi connectivity index (χ0n) is 43.4. The van der Waals surface area contributed by atoms with Crippen molar-refractivity contribution in [3.05, 3.63) is 46.5 Å². The Bertz CT molecular complexity index is 2430. The molecule has 1 saturated carbocycles. The highest BCUT2D eigenvalue weighted by molar-refractivity contribution is 8.00. The van der Waals surface area contributed by atoms with Crippen molar-refractivity contribution in [3.8, 4) is 5.75 Å². The standard InChI is InChI=1S/C51H68ClN5O17S/c1-27-10-9-11-37(70-8)51(68)25-35(71-49(67)54-51)28(2)45-50(4,73-45)38(24-42(61)56(6)33-21-31(20-27)22-34(69-7)44(33)52)72-47(65)29(3)55(5)39(58)18-19-75-36(23-43(62)63)46(64)53-26-30-12-14-32(15-13-30)48(66)74-57-40(59)16-17-41(57)60/h9-11,21-22,28-30,32,35-38,45,68H,12-20,23-26H2,1-8H3,(H,53,64)(H,54,67)(H,62,63)/b11-9+,27-10+. The number of halogens is 1. The third kappa shape index (κ3) is 14.2. The number of methoxy groups -OCH3 is 2. The number of nitrogens with one attached hydrogen (secondary N) is 2. The highest BCUT2D eigenvalue weighted by Gasteiger charge is 2.64. The Morgan fingerprint density at radius 2 is 1.73 bits per heavy atom. The van der Waals surface area contributed by atoms with Crippen molar-refractivity contribution in [3.63, 3.8) is 0 Å². The number of likely N-dealkylation sites (N-methyl/N-ethyl adjacent to an activating group) is 1. The molecule has 0 radical (unpaired) electrons. The Kier molecular flexibility index (Phi) is 19.5. The van der Waals surface area contributed by atoms with Crippen LogP contribution in [0.5, 0.6) is 5.75 Å². The van der Waals surface area contributed by atoms with Crippen LogP contribution in [0.25, 0.3) is 0 Å². The summed E-state index contributed by atoms with van der Waals surface area (Å²) in [4.78, 5) is 124. The molecule has 5 aliphatic rings. The minimum Gasteiger partial charge on any atom is -0.495 e. The summed E-state index contributed by atoms with van der Waals surface area (Å²) in [5.41, 5.74) is -1.31. The van der Waals surface area contributed by atoms with E-state index in [1.54, 1.807) is 38.1 Å². The smallest absolute Gasteiger partial charge is 0.409 e. The van der Waals surface area contributed by atoms with Crippen LogP contribution in [-0.4, -0.2) is 161 Å². The number of nitrogens with zero attached hydrogens (tertiary/aromatic N) is 3. The normalized spacial score (nSPS) is 30.1. The number of aliphatic carboxylic acids is 1. The van der Waals surface area contributed by atoms with Crippen LogP contribution in [0, 0.1) is 17.8 Å². The van der Waals surface area contributed by atoms with Gasteiger partial charge in [0.25, 0.3) is 11.8 Å². The number of carboxylic acid groups (broad SMARTS) is 1. The number of hydrogen-bond donors (Lipinski definition) is 4. The number of benzene rings is 1. The number of imide groups is 1. The summed E-state index contributed by atoms with van der Waals surface area (Å²) in [5, 5.41) is 26.4. The van der Waals surface area contributed by atoms with E-state index in [9.17, 15) is 53.4 Å². The van der Waals surface area contributed by atoms with Crippen LogP contribution >= 0.6 is 23.4 Å². The van der Waals surface area contributed by atoms with Gasteiger partial charge in [0.05, 0.1) is 42.9 Å². The van der Waals surface area contributed by atoms with Gasteiger partial charge in [-0.2, -0.15) is 0 Å². The number of carboxylic acids is 1. The molecule has 4 heterocycles. The van der Waals surface area contributed by atoms with Crippen LogP contribution in [-0.2, 0) is 68.6 Å². The first kappa shape index (κ1) is 58.5. The van der Waals surface area contributed by atoms with Crippen molar-refractivity contribution in [2.24, 2.45) is 17.8 Å². The molecule has 412 valence electrons. The van der Waals surface area contributed by atoms with Crippen LogP contribution in [0.2, 0.25) is 5.02 Å². The number of fused-ring (bicyclic) bond motifs is 5. The molecule has 0 aromatic heterocycles. The van der Waals surface area contributed by atoms with E-state index in [2.05, 4.69) is 10.6 Å². The number of ether oxygens (including phenoxy) is 5. The van der Waals surface area contributed by atoms with Crippen LogP contribution < -0.4 is 20.3 Å². The molecule has 1 aromatic carbocycles. The van der Waals surface area contributed by atoms with Gasteiger partial charge < -0.3 is 53.9 Å². The molecule has 3 saturated heterocycles. The van der Waals surface area contributed by atoms with Crippen molar-refractivity contribution in [1.82, 2.24) is 20.6 Å². The predicted molar refractivity (Wildman–Crippen MR) is 270 cm³/mol. The lowest BCUT2D eigenvalue weighted by Gasteiger charge is -2.42. The lowest BCUT2D eigenvalue weighted by Crippen LogP contribution is -2.63. The molecule has 1 aromatic rings. The second-order valence-electron chi connectivity index (χ2n) is 20.1. The molecular formula is C51H68ClN5O17S. The molecular weight excluding hydrogens is 1020 g/mol. The topological polar surface area (TPSA) is 287 Å². The molecule has 24 heteroatoms. The lowest BCUT2D eigenvalue weighted by molar-refractivity contribution is -0.201. The summed E-state index contributed by atoms with van der Waals surface area (Å²) in [5.74, 6) is -6.34. The molecule has 75 heavy (non-hydrogen) atoms. The molecule has 6 amide bonds. The number of anilines is 1. The zero-order valence-corrected chi connectivity index (χ0v) is 45.0. The van der Waals surface area contributed by atoms with Crippen LogP contribution in [0.3, 0.4) is 0 Å². The SMILES string of the molecule is COc1cc2cc(c1Cl)N(C)C(=O)CC(OC(=O)C(C)N(C)C(=O)CCSC(CC(=O)O)C(=O)NCC1CCC(C(=O)ON3C(=O)CCC3=O)CC1)C1(C)OC1C(C)C1CC(O)(NC(=O)O1)C(OC)/C=C/C=C(\C)C2. The fourth-order valence-corrected chi connectivity index (χ4v) is 11.2. The van der Waals surface area contributed by atoms with Crippen LogP contribution in [0.4, 0.5) is 10.5 Å². The van der Waals surface area contributed by atoms with Crippen LogP contribution in [0.15, 0.2) is 35.9 Å². The van der Waals surface area contributed by atoms with Gasteiger partial charge in [-0.15, -0.1) is 16.8 Å². The monoisotopic (exact) mass is 1090 g/mol. The van der Waals surface area contributed by atoms with Gasteiger partial charge in [-0.3, -0.25) is 34.1 Å². The quantitative estimate of drug-likeness (QED) is 0.103. The summed E-state index contributed by atoms with van der Waals surface area (Å²) in [7, 11) is 5.76. The number of thioether (sulfide) groups is 1. The summed E-state index contributed by atoms with van der Waals surface area (Å²) >= 11 is 7.78. The number of carbonyl (C=O) groups is 9. The van der Waals surface area contributed by atoms with Gasteiger partial charge in [0.1, 0.15) is 40.7 Å². The molecule has 4 bridgehead atoms. The number of esters is 1. The molecule has 4 fully saturated rings. The number of hydroxylamine groups is 2. The Morgan fingerprint density at radius 3 is 2.37 bits per heavy atom. The summed E-state index contributed by atoms with van der Waals surface area (Å²) in [6.45, 7) is 6.94. The van der Waals surface area contributed by atoms with Gasteiger partial charge in [0, 0.05) is 65.1 Å². The van der Waals surface area contributed by atoms with Crippen molar-refractivity contribution in [2.45, 2.75) is 145 Å². The van der Waals surface area contributed by atoms with E-state index >= 15 is 0 Å². The van der Waals surface area contributed by atoms with Crippen LogP contribution in [0.1, 0.15) is 97.5 Å². The van der Waals surface area contributed by atoms with Gasteiger partial charge in [0.2, 0.25) is 17.7 Å². The minimum atomic E-state index is -1.90. The molecule has 6 rings (SSSR count). The Morgan fingerprint density at radius 1 is 1.05 bits per heavy atom. The second-order valence-corrected chi connectivity index (χ2v) is 21.8. The van der Waals surface area contributed by atoms with Gasteiger partial charge in [-0.25, -0.2) is 14.4 Å². The molecule has 4 N–H and O–H groups in total. The summed E-state index contributed by atoms with van der Waals surface area (Å²) in [6.07, 6.45) is 1.24. The number of allylic oxidation sites excluding steroid dienone is 3. The first-order chi connectivity index (χ1) is 35.4. The maximum atomic E-state index is 14.4. The van der Waals surface area contributed by atoms with Crippen molar-refractivity contribution < 1.29 is 81.9 Å². The molecule has 0 spiro atoms. The Balaban J connectivity index is 1.10. The van der Waals surface area contributed by atoms with Crippen molar-refractivity contribution in [1.29, 1.82) is 0 Å². The predicted octanol–water partition coefficient (Wildman–Crippen LogP) is 4.01. The number of rotatable bonds is 16. The number of epoxide rings is 1. The van der Waals surface area contributed by atoms with E-state index in [-0.39, 0.29) is 48.9 Å². The fraction of sp³-hybridized carbons (Fsp3) is 0.627. The van der Waals surface area contributed by atoms with E-state index in [1.165, 1.54) is 40.1 Å². The van der Waals surface area contributed by atoms with Gasteiger partial charge >= 0.3 is 24.0 Å². The lowest BCUT2D eigenvalue weighted by atomic mass is 9.82. The second kappa shape index (κ2) is 24.9. The summed E-state index contributed by atoms with van der Waals surface area (Å²) in [6, 6.07) is 2.28. The van der Waals surface area contributed by atoms with Gasteiger partial charge in [-0.1, -0.05) is 42.3 Å². The molecule has 22 nitrogen and oxygen atoms in total. The molecule has 4 aliphatic heterocycles. The summed E-state index contributed by atoms with van der Waals surface area (Å²) < 4.78 is 29.4. The number of alkyl carbamates (subject to hydrolysis) is 1. The number of amides is 6. The maximum absolute atomic E-state index is 14.4. The van der Waals surface area contributed by atoms with Gasteiger partial charge in [-0.05, 0) is 76.5 Å².